The van der Waals surface area contributed by atoms with E-state index in [2.05, 4.69) is 33.7 Å². The monoisotopic (exact) mass is 242 g/mol. The smallest absolute Gasteiger partial charge is 0.0760 e. The van der Waals surface area contributed by atoms with Gasteiger partial charge in [-0.15, -0.1) is 0 Å². The van der Waals surface area contributed by atoms with E-state index >= 15 is 0 Å². The molecular weight excluding hydrogens is 224 g/mol. The zero-order chi connectivity index (χ0) is 12.1. The molecule has 1 saturated heterocycles. The van der Waals surface area contributed by atoms with Gasteiger partial charge in [0.15, 0.2) is 0 Å². The molecule has 1 fully saturated rings. The summed E-state index contributed by atoms with van der Waals surface area (Å²) in [6, 6.07) is 9.36. The van der Waals surface area contributed by atoms with Gasteiger partial charge >= 0.3 is 0 Å². The molecule has 3 nitrogen and oxygen atoms in total. The Morgan fingerprint density at radius 3 is 3.11 bits per heavy atom. The van der Waals surface area contributed by atoms with Crippen LogP contribution in [0.5, 0.6) is 0 Å². The van der Waals surface area contributed by atoms with Crippen molar-refractivity contribution in [1.82, 2.24) is 9.47 Å². The van der Waals surface area contributed by atoms with Gasteiger partial charge in [-0.25, -0.2) is 0 Å². The number of methoxy groups -OCH3 is 1. The lowest BCUT2D eigenvalue weighted by Crippen LogP contribution is -2.16. The van der Waals surface area contributed by atoms with E-state index in [0.717, 1.165) is 13.3 Å². The lowest BCUT2D eigenvalue weighted by atomic mass is 10.1. The molecule has 1 unspecified atom stereocenters. The van der Waals surface area contributed by atoms with Gasteiger partial charge in [-0.05, 0) is 18.9 Å². The number of aromatic nitrogens is 1. The van der Waals surface area contributed by atoms with Crippen molar-refractivity contribution < 1.29 is 4.74 Å². The second-order valence-electron chi connectivity index (χ2n) is 5.35. The average molecular weight is 242 g/mol. The Labute approximate surface area is 107 Å². The number of benzene rings is 1. The van der Waals surface area contributed by atoms with Crippen molar-refractivity contribution in [3.05, 3.63) is 35.5 Å². The van der Waals surface area contributed by atoms with Gasteiger partial charge in [0.05, 0.1) is 19.3 Å². The Bertz CT molecular complexity index is 587. The second kappa shape index (κ2) is 3.84. The van der Waals surface area contributed by atoms with Crippen LogP contribution in [0, 0.1) is 0 Å². The number of para-hydroxylation sites is 1. The number of hydrogen-bond acceptors (Lipinski definition) is 2. The summed E-state index contributed by atoms with van der Waals surface area (Å²) in [4.78, 5) is 2.60. The van der Waals surface area contributed by atoms with Gasteiger partial charge in [-0.3, -0.25) is 4.90 Å². The van der Waals surface area contributed by atoms with Crippen molar-refractivity contribution in [1.29, 1.82) is 0 Å². The average Bonchev–Trinajstić information content (AvgIpc) is 3.02. The van der Waals surface area contributed by atoms with E-state index in [4.69, 9.17) is 4.74 Å². The number of rotatable bonds is 2. The number of nitrogens with zero attached hydrogens (tertiary/aromatic N) is 2. The van der Waals surface area contributed by atoms with Crippen molar-refractivity contribution in [3.63, 3.8) is 0 Å². The topological polar surface area (TPSA) is 17.4 Å². The summed E-state index contributed by atoms with van der Waals surface area (Å²) < 4.78 is 7.93. The first kappa shape index (κ1) is 10.6. The summed E-state index contributed by atoms with van der Waals surface area (Å²) >= 11 is 0. The predicted octanol–water partition coefficient (Wildman–Crippen LogP) is 2.90. The van der Waals surface area contributed by atoms with E-state index in [0.29, 0.717) is 6.04 Å². The van der Waals surface area contributed by atoms with Crippen LogP contribution in [0.25, 0.3) is 10.9 Å². The van der Waals surface area contributed by atoms with E-state index in [-0.39, 0.29) is 0 Å². The molecule has 0 amide bonds. The lowest BCUT2D eigenvalue weighted by molar-refractivity contribution is 0.184. The summed E-state index contributed by atoms with van der Waals surface area (Å²) in [5.74, 6) is 0. The van der Waals surface area contributed by atoms with Crippen LogP contribution in [-0.4, -0.2) is 23.1 Å². The minimum Gasteiger partial charge on any atom is -0.380 e. The number of ether oxygens (including phenoxy) is 1. The fraction of sp³-hybridized carbons (Fsp3) is 0.467. The van der Waals surface area contributed by atoms with Crippen molar-refractivity contribution in [2.24, 2.45) is 0 Å². The van der Waals surface area contributed by atoms with Crippen LogP contribution in [-0.2, 0) is 18.0 Å². The third kappa shape index (κ3) is 1.26. The number of hydrogen-bond donors (Lipinski definition) is 0. The van der Waals surface area contributed by atoms with E-state index in [1.54, 1.807) is 7.11 Å². The van der Waals surface area contributed by atoms with Gasteiger partial charge in [0.1, 0.15) is 0 Å². The van der Waals surface area contributed by atoms with Gasteiger partial charge in [0, 0.05) is 35.8 Å². The molecule has 0 spiro atoms. The fourth-order valence-corrected chi connectivity index (χ4v) is 3.71. The van der Waals surface area contributed by atoms with E-state index in [9.17, 15) is 0 Å². The quantitative estimate of drug-likeness (QED) is 0.805. The second-order valence-corrected chi connectivity index (χ2v) is 5.35. The molecule has 1 atom stereocenters. The van der Waals surface area contributed by atoms with Gasteiger partial charge in [-0.2, -0.15) is 0 Å². The molecule has 2 aliphatic heterocycles. The summed E-state index contributed by atoms with van der Waals surface area (Å²) in [6.45, 7) is 3.03. The Balaban J connectivity index is 1.98. The highest BCUT2D eigenvalue weighted by molar-refractivity contribution is 5.86. The Morgan fingerprint density at radius 1 is 1.33 bits per heavy atom. The molecule has 1 aromatic carbocycles. The molecule has 3 heterocycles. The molecule has 3 heteroatoms. The molecule has 2 aromatic rings. The van der Waals surface area contributed by atoms with Crippen LogP contribution in [0.2, 0.25) is 0 Å². The molecule has 2 aliphatic rings. The first-order valence-corrected chi connectivity index (χ1v) is 6.73. The first-order chi connectivity index (χ1) is 8.90. The maximum atomic E-state index is 5.44. The van der Waals surface area contributed by atoms with Gasteiger partial charge < -0.3 is 9.30 Å². The predicted molar refractivity (Wildman–Crippen MR) is 71.3 cm³/mol. The highest BCUT2D eigenvalue weighted by atomic mass is 16.5. The molecule has 0 N–H and O–H groups in total. The van der Waals surface area contributed by atoms with Crippen LogP contribution in [0.15, 0.2) is 24.3 Å². The number of fused-ring (bicyclic) bond motifs is 5. The van der Waals surface area contributed by atoms with Crippen LogP contribution in [0.3, 0.4) is 0 Å². The Kier molecular flexibility index (Phi) is 2.26. The van der Waals surface area contributed by atoms with Gasteiger partial charge in [-0.1, -0.05) is 18.2 Å². The van der Waals surface area contributed by atoms with Crippen molar-refractivity contribution in [2.75, 3.05) is 13.7 Å². The summed E-state index contributed by atoms with van der Waals surface area (Å²) in [5, 5.41) is 1.38. The zero-order valence-corrected chi connectivity index (χ0v) is 10.7. The Hall–Kier alpha value is -1.32. The molecule has 0 radical (unpaired) electrons. The minimum atomic E-state index is 0.627. The third-order valence-electron chi connectivity index (χ3n) is 4.41. The van der Waals surface area contributed by atoms with Crippen molar-refractivity contribution in [3.8, 4) is 0 Å². The molecule has 94 valence electrons. The molecule has 4 rings (SSSR count). The maximum absolute atomic E-state index is 5.44. The SMILES string of the molecule is COCc1c2n(c3ccccc13)CN1CCCC21. The lowest BCUT2D eigenvalue weighted by Gasteiger charge is -2.14. The van der Waals surface area contributed by atoms with Crippen LogP contribution < -0.4 is 0 Å². The molecule has 0 saturated carbocycles. The highest BCUT2D eigenvalue weighted by Gasteiger charge is 2.37. The molecule has 0 aliphatic carbocycles. The largest absolute Gasteiger partial charge is 0.380 e. The van der Waals surface area contributed by atoms with Gasteiger partial charge in [0.25, 0.3) is 0 Å². The van der Waals surface area contributed by atoms with Crippen LogP contribution in [0.1, 0.15) is 30.1 Å². The van der Waals surface area contributed by atoms with Gasteiger partial charge in [0.2, 0.25) is 0 Å². The highest BCUT2D eigenvalue weighted by Crippen LogP contribution is 2.43. The van der Waals surface area contributed by atoms with E-state index < -0.39 is 0 Å². The minimum absolute atomic E-state index is 0.627. The summed E-state index contributed by atoms with van der Waals surface area (Å²) in [5.41, 5.74) is 4.28. The summed E-state index contributed by atoms with van der Waals surface area (Å²) in [6.07, 6.45) is 2.63. The fourth-order valence-electron chi connectivity index (χ4n) is 3.71. The molecule has 18 heavy (non-hydrogen) atoms. The molecule has 1 aromatic heterocycles. The van der Waals surface area contributed by atoms with E-state index in [1.807, 2.05) is 0 Å². The normalized spacial score (nSPS) is 22.6. The Morgan fingerprint density at radius 2 is 2.22 bits per heavy atom. The van der Waals surface area contributed by atoms with Crippen LogP contribution in [0.4, 0.5) is 0 Å². The zero-order valence-electron chi connectivity index (χ0n) is 10.7. The first-order valence-electron chi connectivity index (χ1n) is 6.73. The standard InChI is InChI=1S/C15H18N2O/c1-18-9-12-11-5-2-3-6-13(11)17-10-16-8-4-7-14(16)15(12)17/h2-3,5-6,14H,4,7-10H2,1H3. The summed E-state index contributed by atoms with van der Waals surface area (Å²) in [7, 11) is 1.79. The van der Waals surface area contributed by atoms with Crippen molar-refractivity contribution in [2.45, 2.75) is 32.2 Å². The third-order valence-corrected chi connectivity index (χ3v) is 4.41. The van der Waals surface area contributed by atoms with Crippen molar-refractivity contribution >= 4 is 10.9 Å². The maximum Gasteiger partial charge on any atom is 0.0760 e. The van der Waals surface area contributed by atoms with Crippen LogP contribution >= 0.6 is 0 Å². The molecular formula is C15H18N2O. The van der Waals surface area contributed by atoms with E-state index in [1.165, 1.54) is 41.5 Å². The molecule has 0 bridgehead atoms.